The number of esters is 1. The van der Waals surface area contributed by atoms with Crippen molar-refractivity contribution in [3.05, 3.63) is 35.4 Å². The van der Waals surface area contributed by atoms with Gasteiger partial charge < -0.3 is 19.9 Å². The Bertz CT molecular complexity index is 748. The molecule has 3 rings (SSSR count). The number of ether oxygens (including phenoxy) is 1. The molecule has 0 atom stereocenters. The topological polar surface area (TPSA) is 74.2 Å². The van der Waals surface area contributed by atoms with E-state index in [4.69, 9.17) is 4.74 Å². The van der Waals surface area contributed by atoms with E-state index in [1.54, 1.807) is 7.05 Å². The largest absolute Gasteiger partial charge is 0.469 e. The summed E-state index contributed by atoms with van der Waals surface area (Å²) in [5, 5.41) is 3.36. The van der Waals surface area contributed by atoms with Crippen LogP contribution in [0.2, 0.25) is 0 Å². The molecule has 0 saturated carbocycles. The Balaban J connectivity index is 0.00000320. The zero-order valence-electron chi connectivity index (χ0n) is 17.9. The predicted octanol–water partition coefficient (Wildman–Crippen LogP) is 2.43. The van der Waals surface area contributed by atoms with Crippen LogP contribution < -0.4 is 5.32 Å². The van der Waals surface area contributed by atoms with E-state index in [0.29, 0.717) is 13.0 Å². The SMILES string of the molecule is CN=C(NCCCC(=O)N1CCc2ccccc2C1)N1CCC(C(=O)OC)CC1.I. The van der Waals surface area contributed by atoms with E-state index in [1.807, 2.05) is 11.0 Å². The minimum atomic E-state index is -0.119. The molecule has 8 heteroatoms. The normalized spacial score (nSPS) is 17.1. The van der Waals surface area contributed by atoms with E-state index in [0.717, 1.165) is 57.8 Å². The number of rotatable bonds is 5. The number of guanidine groups is 1. The van der Waals surface area contributed by atoms with E-state index in [-0.39, 0.29) is 41.8 Å². The van der Waals surface area contributed by atoms with Crippen LogP contribution in [0.1, 0.15) is 36.8 Å². The Hall–Kier alpha value is -1.84. The summed E-state index contributed by atoms with van der Waals surface area (Å²) in [6.07, 6.45) is 3.81. The van der Waals surface area contributed by atoms with E-state index < -0.39 is 0 Å². The van der Waals surface area contributed by atoms with Gasteiger partial charge in [-0.25, -0.2) is 0 Å². The van der Waals surface area contributed by atoms with Gasteiger partial charge in [-0.05, 0) is 36.8 Å². The van der Waals surface area contributed by atoms with Crippen molar-refractivity contribution in [2.75, 3.05) is 40.3 Å². The van der Waals surface area contributed by atoms with Crippen molar-refractivity contribution in [1.82, 2.24) is 15.1 Å². The zero-order valence-corrected chi connectivity index (χ0v) is 20.3. The molecule has 1 saturated heterocycles. The number of halogens is 1. The monoisotopic (exact) mass is 528 g/mol. The number of carbonyl (C=O) groups excluding carboxylic acids is 2. The molecule has 166 valence electrons. The minimum absolute atomic E-state index is 0. The number of methoxy groups -OCH3 is 1. The van der Waals surface area contributed by atoms with Gasteiger partial charge in [-0.2, -0.15) is 0 Å². The van der Waals surface area contributed by atoms with Gasteiger partial charge in [0.15, 0.2) is 5.96 Å². The first-order chi connectivity index (χ1) is 14.1. The van der Waals surface area contributed by atoms with Gasteiger partial charge >= 0.3 is 5.97 Å². The lowest BCUT2D eigenvalue weighted by Crippen LogP contribution is -2.47. The van der Waals surface area contributed by atoms with Crippen LogP contribution in [0.3, 0.4) is 0 Å². The molecule has 30 heavy (non-hydrogen) atoms. The van der Waals surface area contributed by atoms with Crippen LogP contribution in [0.5, 0.6) is 0 Å². The molecular formula is C22H33IN4O3. The molecule has 0 aromatic heterocycles. The molecule has 1 aromatic carbocycles. The third-order valence-corrected chi connectivity index (χ3v) is 5.87. The van der Waals surface area contributed by atoms with Crippen LogP contribution in [0.25, 0.3) is 0 Å². The minimum Gasteiger partial charge on any atom is -0.469 e. The first kappa shape index (κ1) is 24.4. The smallest absolute Gasteiger partial charge is 0.308 e. The molecule has 0 unspecified atom stereocenters. The Morgan fingerprint density at radius 1 is 1.13 bits per heavy atom. The molecule has 0 aliphatic carbocycles. The standard InChI is InChI=1S/C22H32N4O3.HI/c1-23-22(25-13-10-18(11-14-25)21(28)29-2)24-12-5-8-20(27)26-15-9-17-6-3-4-7-19(17)16-26;/h3-4,6-7,18H,5,8-16H2,1-2H3,(H,23,24);1H. The van der Waals surface area contributed by atoms with Crippen LogP contribution in [-0.2, 0) is 27.3 Å². The van der Waals surface area contributed by atoms with E-state index in [2.05, 4.69) is 33.4 Å². The fraction of sp³-hybridized carbons (Fsp3) is 0.591. The van der Waals surface area contributed by atoms with Gasteiger partial charge in [-0.15, -0.1) is 24.0 Å². The number of fused-ring (bicyclic) bond motifs is 1. The summed E-state index contributed by atoms with van der Waals surface area (Å²) < 4.78 is 4.84. The van der Waals surface area contributed by atoms with Crippen LogP contribution in [0.4, 0.5) is 0 Å². The van der Waals surface area contributed by atoms with E-state index in [9.17, 15) is 9.59 Å². The summed E-state index contributed by atoms with van der Waals surface area (Å²) in [5.74, 6) is 0.927. The van der Waals surface area contributed by atoms with Crippen LogP contribution in [-0.4, -0.2) is 68.0 Å². The summed E-state index contributed by atoms with van der Waals surface area (Å²) in [6.45, 7) is 3.80. The second-order valence-electron chi connectivity index (χ2n) is 7.70. The highest BCUT2D eigenvalue weighted by atomic mass is 127. The van der Waals surface area contributed by atoms with Crippen LogP contribution >= 0.6 is 24.0 Å². The highest BCUT2D eigenvalue weighted by Gasteiger charge is 2.27. The summed E-state index contributed by atoms with van der Waals surface area (Å²) in [4.78, 5) is 32.7. The molecule has 2 aliphatic heterocycles. The van der Waals surface area contributed by atoms with Crippen molar-refractivity contribution in [2.45, 2.75) is 38.6 Å². The number of amides is 1. The van der Waals surface area contributed by atoms with Crippen molar-refractivity contribution < 1.29 is 14.3 Å². The highest BCUT2D eigenvalue weighted by Crippen LogP contribution is 2.20. The molecule has 7 nitrogen and oxygen atoms in total. The lowest BCUT2D eigenvalue weighted by atomic mass is 9.97. The maximum atomic E-state index is 12.6. The van der Waals surface area contributed by atoms with Crippen LogP contribution in [0, 0.1) is 5.92 Å². The van der Waals surface area contributed by atoms with Gasteiger partial charge in [-0.3, -0.25) is 14.6 Å². The molecule has 1 fully saturated rings. The van der Waals surface area contributed by atoms with Gasteiger partial charge in [0.25, 0.3) is 0 Å². The quantitative estimate of drug-likeness (QED) is 0.209. The predicted molar refractivity (Wildman–Crippen MR) is 128 cm³/mol. The molecule has 0 radical (unpaired) electrons. The molecule has 0 spiro atoms. The summed E-state index contributed by atoms with van der Waals surface area (Å²) in [6, 6.07) is 8.37. The number of benzene rings is 1. The second-order valence-corrected chi connectivity index (χ2v) is 7.70. The average Bonchev–Trinajstić information content (AvgIpc) is 2.78. The number of likely N-dealkylation sites (tertiary alicyclic amines) is 1. The highest BCUT2D eigenvalue weighted by molar-refractivity contribution is 14.0. The third kappa shape index (κ3) is 6.33. The Morgan fingerprint density at radius 3 is 2.50 bits per heavy atom. The zero-order chi connectivity index (χ0) is 20.6. The summed E-state index contributed by atoms with van der Waals surface area (Å²) in [5.41, 5.74) is 2.62. The van der Waals surface area contributed by atoms with Gasteiger partial charge in [0.1, 0.15) is 0 Å². The fourth-order valence-corrected chi connectivity index (χ4v) is 4.13. The number of hydrogen-bond donors (Lipinski definition) is 1. The van der Waals surface area contributed by atoms with Gasteiger partial charge in [-0.1, -0.05) is 24.3 Å². The summed E-state index contributed by atoms with van der Waals surface area (Å²) >= 11 is 0. The molecule has 0 bridgehead atoms. The lowest BCUT2D eigenvalue weighted by molar-refractivity contribution is -0.146. The molecule has 1 N–H and O–H groups in total. The lowest BCUT2D eigenvalue weighted by Gasteiger charge is -2.33. The van der Waals surface area contributed by atoms with Gasteiger partial charge in [0.2, 0.25) is 5.91 Å². The van der Waals surface area contributed by atoms with E-state index >= 15 is 0 Å². The van der Waals surface area contributed by atoms with Gasteiger partial charge in [0.05, 0.1) is 13.0 Å². The first-order valence-corrected chi connectivity index (χ1v) is 10.5. The Kier molecular flexibility index (Phi) is 9.87. The molecule has 2 aliphatic rings. The third-order valence-electron chi connectivity index (χ3n) is 5.87. The maximum absolute atomic E-state index is 12.6. The number of nitrogens with zero attached hydrogens (tertiary/aromatic N) is 3. The molecule has 1 amide bonds. The number of carbonyl (C=O) groups is 2. The van der Waals surface area contributed by atoms with Crippen molar-refractivity contribution >= 4 is 41.8 Å². The Labute approximate surface area is 196 Å². The Morgan fingerprint density at radius 2 is 1.83 bits per heavy atom. The fourth-order valence-electron chi connectivity index (χ4n) is 4.13. The second kappa shape index (κ2) is 12.1. The number of piperidine rings is 1. The summed E-state index contributed by atoms with van der Waals surface area (Å²) in [7, 11) is 3.21. The van der Waals surface area contributed by atoms with E-state index in [1.165, 1.54) is 18.2 Å². The number of aliphatic imine (C=N–C) groups is 1. The first-order valence-electron chi connectivity index (χ1n) is 10.5. The average molecular weight is 528 g/mol. The van der Waals surface area contributed by atoms with Gasteiger partial charge in [0, 0.05) is 46.2 Å². The number of hydrogen-bond acceptors (Lipinski definition) is 4. The molecule has 2 heterocycles. The maximum Gasteiger partial charge on any atom is 0.308 e. The van der Waals surface area contributed by atoms with Crippen molar-refractivity contribution in [2.24, 2.45) is 10.9 Å². The number of nitrogens with one attached hydrogen (secondary N) is 1. The van der Waals surface area contributed by atoms with Crippen molar-refractivity contribution in [1.29, 1.82) is 0 Å². The van der Waals surface area contributed by atoms with Crippen LogP contribution in [0.15, 0.2) is 29.3 Å². The van der Waals surface area contributed by atoms with Crippen molar-refractivity contribution in [3.63, 3.8) is 0 Å². The van der Waals surface area contributed by atoms with Crippen molar-refractivity contribution in [3.8, 4) is 0 Å². The molecule has 1 aromatic rings. The molecular weight excluding hydrogens is 495 g/mol.